The van der Waals surface area contributed by atoms with Crippen molar-refractivity contribution in [1.29, 1.82) is 0 Å². The Morgan fingerprint density at radius 2 is 1.48 bits per heavy atom. The topological polar surface area (TPSA) is 34.9 Å². The quantitative estimate of drug-likeness (QED) is 0.559. The third kappa shape index (κ3) is 2.32. The molecule has 23 heavy (non-hydrogen) atoms. The summed E-state index contributed by atoms with van der Waals surface area (Å²) in [7, 11) is 0. The van der Waals surface area contributed by atoms with E-state index in [1.807, 2.05) is 66.7 Å². The van der Waals surface area contributed by atoms with Crippen molar-refractivity contribution in [2.75, 3.05) is 0 Å². The first-order chi connectivity index (χ1) is 11.3. The third-order valence-electron chi connectivity index (χ3n) is 3.92. The molecular weight excluding hydrogens is 284 g/mol. The van der Waals surface area contributed by atoms with Crippen molar-refractivity contribution in [3.8, 4) is 16.9 Å². The SMILES string of the molecule is O=c1c2ccccc2cc(-c2ccncc2)n1-c1ccccc1. The van der Waals surface area contributed by atoms with Crippen molar-refractivity contribution in [2.24, 2.45) is 0 Å². The zero-order chi connectivity index (χ0) is 15.6. The van der Waals surface area contributed by atoms with E-state index in [2.05, 4.69) is 11.1 Å². The van der Waals surface area contributed by atoms with Crippen molar-refractivity contribution >= 4 is 10.8 Å². The van der Waals surface area contributed by atoms with Crippen molar-refractivity contribution in [2.45, 2.75) is 0 Å². The fraction of sp³-hybridized carbons (Fsp3) is 0. The molecule has 4 aromatic rings. The summed E-state index contributed by atoms with van der Waals surface area (Å²) in [4.78, 5) is 17.1. The molecule has 0 aliphatic rings. The van der Waals surface area contributed by atoms with E-state index in [1.165, 1.54) is 0 Å². The van der Waals surface area contributed by atoms with Gasteiger partial charge in [0, 0.05) is 29.0 Å². The Labute approximate surface area is 133 Å². The van der Waals surface area contributed by atoms with Gasteiger partial charge in [-0.25, -0.2) is 0 Å². The number of nitrogens with zero attached hydrogens (tertiary/aromatic N) is 2. The van der Waals surface area contributed by atoms with Crippen molar-refractivity contribution < 1.29 is 0 Å². The van der Waals surface area contributed by atoms with Gasteiger partial charge in [0.25, 0.3) is 5.56 Å². The fourth-order valence-electron chi connectivity index (χ4n) is 2.83. The number of hydrogen-bond acceptors (Lipinski definition) is 2. The molecule has 3 heteroatoms. The number of aromatic nitrogens is 2. The minimum absolute atomic E-state index is 0.0129. The minimum Gasteiger partial charge on any atom is -0.276 e. The van der Waals surface area contributed by atoms with E-state index in [1.54, 1.807) is 17.0 Å². The molecule has 0 N–H and O–H groups in total. The van der Waals surface area contributed by atoms with Crippen molar-refractivity contribution in [1.82, 2.24) is 9.55 Å². The maximum atomic E-state index is 13.1. The maximum Gasteiger partial charge on any atom is 0.263 e. The molecular formula is C20H14N2O. The number of pyridine rings is 2. The lowest BCUT2D eigenvalue weighted by Gasteiger charge is -2.14. The summed E-state index contributed by atoms with van der Waals surface area (Å²) in [5.41, 5.74) is 2.67. The van der Waals surface area contributed by atoms with E-state index >= 15 is 0 Å². The van der Waals surface area contributed by atoms with Crippen LogP contribution in [0.1, 0.15) is 0 Å². The van der Waals surface area contributed by atoms with E-state index in [9.17, 15) is 4.79 Å². The highest BCUT2D eigenvalue weighted by molar-refractivity contribution is 5.86. The second-order valence-electron chi connectivity index (χ2n) is 5.33. The van der Waals surface area contributed by atoms with E-state index in [-0.39, 0.29) is 5.56 Å². The number of para-hydroxylation sites is 1. The monoisotopic (exact) mass is 298 g/mol. The van der Waals surface area contributed by atoms with Crippen molar-refractivity contribution in [3.63, 3.8) is 0 Å². The van der Waals surface area contributed by atoms with Crippen LogP contribution in [0.5, 0.6) is 0 Å². The highest BCUT2D eigenvalue weighted by Gasteiger charge is 2.12. The lowest BCUT2D eigenvalue weighted by Crippen LogP contribution is -2.20. The molecule has 2 heterocycles. The fourth-order valence-corrected chi connectivity index (χ4v) is 2.83. The molecule has 0 radical (unpaired) electrons. The van der Waals surface area contributed by atoms with Crippen LogP contribution in [0.3, 0.4) is 0 Å². The van der Waals surface area contributed by atoms with Gasteiger partial charge in [-0.1, -0.05) is 36.4 Å². The molecule has 0 fully saturated rings. The van der Waals surface area contributed by atoms with Crippen LogP contribution in [0.15, 0.2) is 90.0 Å². The Hall–Kier alpha value is -3.20. The maximum absolute atomic E-state index is 13.1. The lowest BCUT2D eigenvalue weighted by atomic mass is 10.1. The first-order valence-corrected chi connectivity index (χ1v) is 7.45. The summed E-state index contributed by atoms with van der Waals surface area (Å²) in [6.45, 7) is 0. The third-order valence-corrected chi connectivity index (χ3v) is 3.92. The Balaban J connectivity index is 2.14. The van der Waals surface area contributed by atoms with Crippen LogP contribution in [0.2, 0.25) is 0 Å². The first-order valence-electron chi connectivity index (χ1n) is 7.45. The van der Waals surface area contributed by atoms with Crippen LogP contribution in [0.25, 0.3) is 27.7 Å². The van der Waals surface area contributed by atoms with Gasteiger partial charge in [-0.3, -0.25) is 14.3 Å². The van der Waals surface area contributed by atoms with Gasteiger partial charge in [0.1, 0.15) is 0 Å². The minimum atomic E-state index is -0.0129. The molecule has 0 saturated heterocycles. The number of hydrogen-bond donors (Lipinski definition) is 0. The number of benzene rings is 2. The summed E-state index contributed by atoms with van der Waals surface area (Å²) >= 11 is 0. The Kier molecular flexibility index (Phi) is 3.24. The molecule has 2 aromatic heterocycles. The normalized spacial score (nSPS) is 10.8. The van der Waals surface area contributed by atoms with Gasteiger partial charge in [-0.15, -0.1) is 0 Å². The van der Waals surface area contributed by atoms with Gasteiger partial charge in [0.2, 0.25) is 0 Å². The summed E-state index contributed by atoms with van der Waals surface area (Å²) < 4.78 is 1.76. The molecule has 110 valence electrons. The van der Waals surface area contributed by atoms with Crippen LogP contribution >= 0.6 is 0 Å². The van der Waals surface area contributed by atoms with Crippen LogP contribution in [0.4, 0.5) is 0 Å². The number of rotatable bonds is 2. The predicted molar refractivity (Wildman–Crippen MR) is 92.8 cm³/mol. The molecule has 0 unspecified atom stereocenters. The van der Waals surface area contributed by atoms with Crippen LogP contribution < -0.4 is 5.56 Å². The molecule has 0 amide bonds. The molecule has 3 nitrogen and oxygen atoms in total. The smallest absolute Gasteiger partial charge is 0.263 e. The van der Waals surface area contributed by atoms with Crippen LogP contribution in [0, 0.1) is 0 Å². The van der Waals surface area contributed by atoms with Crippen LogP contribution in [-0.2, 0) is 0 Å². The molecule has 2 aromatic carbocycles. The summed E-state index contributed by atoms with van der Waals surface area (Å²) in [6, 6.07) is 23.3. The molecule has 0 aliphatic heterocycles. The Morgan fingerprint density at radius 3 is 2.26 bits per heavy atom. The van der Waals surface area contributed by atoms with E-state index < -0.39 is 0 Å². The zero-order valence-corrected chi connectivity index (χ0v) is 12.4. The van der Waals surface area contributed by atoms with Crippen molar-refractivity contribution in [3.05, 3.63) is 95.5 Å². The average Bonchev–Trinajstić information content (AvgIpc) is 2.63. The van der Waals surface area contributed by atoms with Gasteiger partial charge < -0.3 is 0 Å². The molecule has 0 spiro atoms. The zero-order valence-electron chi connectivity index (χ0n) is 12.4. The van der Waals surface area contributed by atoms with E-state index in [0.29, 0.717) is 5.39 Å². The summed E-state index contributed by atoms with van der Waals surface area (Å²) in [5.74, 6) is 0. The Morgan fingerprint density at radius 1 is 0.783 bits per heavy atom. The molecule has 0 saturated carbocycles. The van der Waals surface area contributed by atoms with Crippen LogP contribution in [-0.4, -0.2) is 9.55 Å². The van der Waals surface area contributed by atoms with E-state index in [0.717, 1.165) is 22.3 Å². The largest absolute Gasteiger partial charge is 0.276 e. The average molecular weight is 298 g/mol. The van der Waals surface area contributed by atoms with Gasteiger partial charge in [0.15, 0.2) is 0 Å². The van der Waals surface area contributed by atoms with Gasteiger partial charge in [-0.05, 0) is 41.8 Å². The standard InChI is InChI=1S/C20H14N2O/c23-20-18-9-5-4-6-16(18)14-19(15-10-12-21-13-11-15)22(20)17-7-2-1-3-8-17/h1-14H. The van der Waals surface area contributed by atoms with Gasteiger partial charge >= 0.3 is 0 Å². The summed E-state index contributed by atoms with van der Waals surface area (Å²) in [5, 5.41) is 1.66. The highest BCUT2D eigenvalue weighted by atomic mass is 16.1. The second-order valence-corrected chi connectivity index (χ2v) is 5.33. The molecule has 4 rings (SSSR count). The molecule has 0 aliphatic carbocycles. The Bertz CT molecular complexity index is 1020. The lowest BCUT2D eigenvalue weighted by molar-refractivity contribution is 1.02. The predicted octanol–water partition coefficient (Wildman–Crippen LogP) is 4.05. The number of fused-ring (bicyclic) bond motifs is 1. The summed E-state index contributed by atoms with van der Waals surface area (Å²) in [6.07, 6.45) is 3.48. The van der Waals surface area contributed by atoms with E-state index in [4.69, 9.17) is 0 Å². The second kappa shape index (κ2) is 5.54. The van der Waals surface area contributed by atoms with Gasteiger partial charge in [0.05, 0.1) is 5.69 Å². The molecule has 0 atom stereocenters. The molecule has 0 bridgehead atoms. The highest BCUT2D eigenvalue weighted by Crippen LogP contribution is 2.24. The van der Waals surface area contributed by atoms with Gasteiger partial charge in [-0.2, -0.15) is 0 Å². The first kappa shape index (κ1) is 13.5.